The van der Waals surface area contributed by atoms with Gasteiger partial charge in [0.25, 0.3) is 0 Å². The molecule has 0 aromatic carbocycles. The molecule has 14 heavy (non-hydrogen) atoms. The van der Waals surface area contributed by atoms with Gasteiger partial charge in [-0.1, -0.05) is 6.07 Å². The fourth-order valence-corrected chi connectivity index (χ4v) is 1.93. The second kappa shape index (κ2) is 4.30. The Kier molecular flexibility index (Phi) is 2.86. The van der Waals surface area contributed by atoms with E-state index in [1.165, 1.54) is 0 Å². The average Bonchev–Trinajstić information content (AvgIpc) is 2.72. The third-order valence-corrected chi connectivity index (χ3v) is 2.79. The molecule has 2 rings (SSSR count). The summed E-state index contributed by atoms with van der Waals surface area (Å²) in [6.07, 6.45) is 6.14. The van der Waals surface area contributed by atoms with Crippen LogP contribution in [-0.2, 0) is 6.42 Å². The van der Waals surface area contributed by atoms with Crippen molar-refractivity contribution in [1.82, 2.24) is 9.97 Å². The van der Waals surface area contributed by atoms with E-state index in [4.69, 9.17) is 5.73 Å². The van der Waals surface area contributed by atoms with Crippen molar-refractivity contribution in [1.29, 1.82) is 0 Å². The number of nitrogens with zero attached hydrogens (tertiary/aromatic N) is 2. The summed E-state index contributed by atoms with van der Waals surface area (Å²) in [5.74, 6) is 0. The van der Waals surface area contributed by atoms with E-state index in [9.17, 15) is 0 Å². The largest absolute Gasteiger partial charge is 0.324 e. The van der Waals surface area contributed by atoms with E-state index in [2.05, 4.69) is 9.97 Å². The van der Waals surface area contributed by atoms with Crippen LogP contribution in [0.3, 0.4) is 0 Å². The van der Waals surface area contributed by atoms with Crippen LogP contribution in [0.5, 0.6) is 0 Å². The predicted octanol–water partition coefficient (Wildman–Crippen LogP) is 1.78. The zero-order valence-electron chi connectivity index (χ0n) is 7.63. The Morgan fingerprint density at radius 2 is 2.36 bits per heavy atom. The fraction of sp³-hybridized carbons (Fsp3) is 0.200. The van der Waals surface area contributed by atoms with E-state index in [-0.39, 0.29) is 6.04 Å². The number of hydrogen-bond acceptors (Lipinski definition) is 4. The summed E-state index contributed by atoms with van der Waals surface area (Å²) in [6, 6.07) is 3.89. The lowest BCUT2D eigenvalue weighted by Crippen LogP contribution is -2.13. The van der Waals surface area contributed by atoms with Gasteiger partial charge in [-0.25, -0.2) is 4.98 Å². The topological polar surface area (TPSA) is 51.8 Å². The first kappa shape index (κ1) is 9.30. The SMILES string of the molecule is NC(Cc1nccs1)c1cccnc1. The minimum atomic E-state index is -0.00477. The molecule has 4 heteroatoms. The zero-order valence-corrected chi connectivity index (χ0v) is 8.45. The Hall–Kier alpha value is -1.26. The molecule has 1 atom stereocenters. The molecule has 0 fully saturated rings. The van der Waals surface area contributed by atoms with Gasteiger partial charge in [0, 0.05) is 36.4 Å². The van der Waals surface area contributed by atoms with E-state index >= 15 is 0 Å². The molecule has 0 saturated heterocycles. The summed E-state index contributed by atoms with van der Waals surface area (Å²) < 4.78 is 0. The molecule has 2 heterocycles. The smallest absolute Gasteiger partial charge is 0.0943 e. The third-order valence-electron chi connectivity index (χ3n) is 1.99. The van der Waals surface area contributed by atoms with Crippen molar-refractivity contribution in [2.45, 2.75) is 12.5 Å². The monoisotopic (exact) mass is 205 g/mol. The number of nitrogens with two attached hydrogens (primary N) is 1. The van der Waals surface area contributed by atoms with Crippen LogP contribution in [0.1, 0.15) is 16.6 Å². The van der Waals surface area contributed by atoms with E-state index in [0.717, 1.165) is 17.0 Å². The van der Waals surface area contributed by atoms with Crippen LogP contribution in [-0.4, -0.2) is 9.97 Å². The van der Waals surface area contributed by atoms with Gasteiger partial charge < -0.3 is 5.73 Å². The highest BCUT2D eigenvalue weighted by Crippen LogP contribution is 2.16. The van der Waals surface area contributed by atoms with Crippen molar-refractivity contribution < 1.29 is 0 Å². The molecule has 1 unspecified atom stereocenters. The highest BCUT2D eigenvalue weighted by atomic mass is 32.1. The minimum Gasteiger partial charge on any atom is -0.324 e. The molecular formula is C10H11N3S. The Labute approximate surface area is 86.6 Å². The molecule has 2 N–H and O–H groups in total. The standard InChI is InChI=1S/C10H11N3S/c11-9(6-10-13-4-5-14-10)8-2-1-3-12-7-8/h1-5,7,9H,6,11H2. The van der Waals surface area contributed by atoms with Gasteiger partial charge in [-0.15, -0.1) is 11.3 Å². The molecule has 0 aliphatic rings. The molecule has 2 aromatic heterocycles. The maximum absolute atomic E-state index is 6.01. The average molecular weight is 205 g/mol. The normalized spacial score (nSPS) is 12.6. The Morgan fingerprint density at radius 1 is 1.43 bits per heavy atom. The molecule has 0 amide bonds. The number of aromatic nitrogens is 2. The summed E-state index contributed by atoms with van der Waals surface area (Å²) >= 11 is 1.63. The molecule has 0 aliphatic heterocycles. The summed E-state index contributed by atoms with van der Waals surface area (Å²) in [7, 11) is 0. The second-order valence-electron chi connectivity index (χ2n) is 3.02. The molecular weight excluding hydrogens is 194 g/mol. The lowest BCUT2D eigenvalue weighted by atomic mass is 10.1. The van der Waals surface area contributed by atoms with Gasteiger partial charge in [0.2, 0.25) is 0 Å². The number of hydrogen-bond donors (Lipinski definition) is 1. The van der Waals surface area contributed by atoms with Crippen LogP contribution in [0.2, 0.25) is 0 Å². The number of thiazole rings is 1. The summed E-state index contributed by atoms with van der Waals surface area (Å²) in [6.45, 7) is 0. The van der Waals surface area contributed by atoms with Crippen molar-refractivity contribution in [3.8, 4) is 0 Å². The quantitative estimate of drug-likeness (QED) is 0.831. The zero-order chi connectivity index (χ0) is 9.80. The molecule has 0 radical (unpaired) electrons. The van der Waals surface area contributed by atoms with Gasteiger partial charge in [0.1, 0.15) is 0 Å². The summed E-state index contributed by atoms with van der Waals surface area (Å²) in [5.41, 5.74) is 7.07. The molecule has 3 nitrogen and oxygen atoms in total. The number of rotatable bonds is 3. The lowest BCUT2D eigenvalue weighted by molar-refractivity contribution is 0.714. The minimum absolute atomic E-state index is 0.00477. The first-order valence-electron chi connectivity index (χ1n) is 4.40. The van der Waals surface area contributed by atoms with Crippen LogP contribution in [0.15, 0.2) is 36.1 Å². The van der Waals surface area contributed by atoms with E-state index in [0.29, 0.717) is 0 Å². The van der Waals surface area contributed by atoms with Gasteiger partial charge in [0.05, 0.1) is 5.01 Å². The first-order chi connectivity index (χ1) is 6.86. The molecule has 72 valence electrons. The fourth-order valence-electron chi connectivity index (χ4n) is 1.26. The maximum Gasteiger partial charge on any atom is 0.0943 e. The Balaban J connectivity index is 2.07. The van der Waals surface area contributed by atoms with Crippen molar-refractivity contribution in [2.24, 2.45) is 5.73 Å². The van der Waals surface area contributed by atoms with Crippen LogP contribution >= 0.6 is 11.3 Å². The third kappa shape index (κ3) is 2.16. The van der Waals surface area contributed by atoms with Crippen molar-refractivity contribution in [2.75, 3.05) is 0 Å². The Morgan fingerprint density at radius 3 is 3.00 bits per heavy atom. The lowest BCUT2D eigenvalue weighted by Gasteiger charge is -2.08. The van der Waals surface area contributed by atoms with E-state index in [1.54, 1.807) is 29.9 Å². The van der Waals surface area contributed by atoms with Gasteiger partial charge in [-0.05, 0) is 11.6 Å². The molecule has 0 spiro atoms. The molecule has 0 bridgehead atoms. The maximum atomic E-state index is 6.01. The highest BCUT2D eigenvalue weighted by molar-refractivity contribution is 7.09. The highest BCUT2D eigenvalue weighted by Gasteiger charge is 2.07. The number of pyridine rings is 1. The van der Waals surface area contributed by atoms with E-state index < -0.39 is 0 Å². The second-order valence-corrected chi connectivity index (χ2v) is 4.00. The summed E-state index contributed by atoms with van der Waals surface area (Å²) in [4.78, 5) is 8.24. The van der Waals surface area contributed by atoms with Crippen molar-refractivity contribution in [3.05, 3.63) is 46.7 Å². The molecule has 0 aliphatic carbocycles. The van der Waals surface area contributed by atoms with Crippen LogP contribution in [0, 0.1) is 0 Å². The predicted molar refractivity (Wildman–Crippen MR) is 57.0 cm³/mol. The van der Waals surface area contributed by atoms with Crippen LogP contribution in [0.4, 0.5) is 0 Å². The Bertz CT molecular complexity index is 372. The van der Waals surface area contributed by atoms with Gasteiger partial charge in [-0.2, -0.15) is 0 Å². The molecule has 2 aromatic rings. The van der Waals surface area contributed by atoms with Crippen molar-refractivity contribution >= 4 is 11.3 Å². The van der Waals surface area contributed by atoms with Crippen molar-refractivity contribution in [3.63, 3.8) is 0 Å². The van der Waals surface area contributed by atoms with Crippen LogP contribution in [0.25, 0.3) is 0 Å². The van der Waals surface area contributed by atoms with Crippen LogP contribution < -0.4 is 5.73 Å². The van der Waals surface area contributed by atoms with E-state index in [1.807, 2.05) is 17.5 Å². The first-order valence-corrected chi connectivity index (χ1v) is 5.28. The van der Waals surface area contributed by atoms with Gasteiger partial charge in [-0.3, -0.25) is 4.98 Å². The van der Waals surface area contributed by atoms with Gasteiger partial charge in [0.15, 0.2) is 0 Å². The summed E-state index contributed by atoms with van der Waals surface area (Å²) in [5, 5.41) is 3.03. The van der Waals surface area contributed by atoms with Gasteiger partial charge >= 0.3 is 0 Å². The molecule has 0 saturated carbocycles.